The van der Waals surface area contributed by atoms with Crippen LogP contribution in [0.2, 0.25) is 0 Å². The van der Waals surface area contributed by atoms with Gasteiger partial charge in [0.15, 0.2) is 0 Å². The van der Waals surface area contributed by atoms with Crippen LogP contribution >= 0.6 is 0 Å². The van der Waals surface area contributed by atoms with Gasteiger partial charge >= 0.3 is 35.8 Å². The monoisotopic (exact) mass is 1030 g/mol. The van der Waals surface area contributed by atoms with Crippen LogP contribution in [0.15, 0.2) is 170 Å². The Morgan fingerprint density at radius 3 is 1.59 bits per heavy atom. The largest absolute Gasteiger partial charge is 0.498 e. The first-order valence-corrected chi connectivity index (χ1v) is 23.8. The highest BCUT2D eigenvalue weighted by Crippen LogP contribution is 2.40. The van der Waals surface area contributed by atoms with Crippen LogP contribution in [0.25, 0.3) is 0 Å². The predicted octanol–water partition coefficient (Wildman–Crippen LogP) is 8.40. The van der Waals surface area contributed by atoms with Gasteiger partial charge in [-0.05, 0) is 106 Å². The molecule has 0 amide bonds. The molecule has 0 bridgehead atoms. The number of carbonyl (C=O) groups is 6. The van der Waals surface area contributed by atoms with E-state index in [1.54, 1.807) is 36.4 Å². The highest BCUT2D eigenvalue weighted by molar-refractivity contribution is 6.04. The Labute approximate surface area is 437 Å². The topological polar surface area (TPSA) is 226 Å². The average molecular weight is 1040 g/mol. The first kappa shape index (κ1) is 61.0. The molecule has 3 rings (SSSR count). The van der Waals surface area contributed by atoms with Crippen LogP contribution in [-0.2, 0) is 52.9 Å². The molecule has 0 saturated heterocycles. The Morgan fingerprint density at radius 2 is 1.08 bits per heavy atom. The van der Waals surface area contributed by atoms with Gasteiger partial charge in [-0.25, -0.2) is 28.8 Å². The summed E-state index contributed by atoms with van der Waals surface area (Å²) in [6.45, 7) is 20.8. The minimum atomic E-state index is -1.27. The van der Waals surface area contributed by atoms with Crippen molar-refractivity contribution in [3.05, 3.63) is 198 Å². The lowest BCUT2D eigenvalue weighted by Crippen LogP contribution is -2.26. The van der Waals surface area contributed by atoms with Crippen molar-refractivity contribution in [2.75, 3.05) is 59.5 Å². The van der Waals surface area contributed by atoms with E-state index in [-0.39, 0.29) is 73.2 Å². The van der Waals surface area contributed by atoms with Gasteiger partial charge in [0.1, 0.15) is 63.4 Å². The number of ether oxygens (including phenoxy) is 9. The molecule has 3 aromatic rings. The zero-order chi connectivity index (χ0) is 55.2. The van der Waals surface area contributed by atoms with Crippen LogP contribution in [-0.4, -0.2) is 118 Å². The standard InChI is InChI=1S/C58H66O17/c1-9-42(20-19-31-67-36-44(59)38-74-56(65)50-23-15-13-21-48(50)54(63)70-33-18-17-32-69-52(61)11-3)58(8,43-26-29-47(30-27-43)68-12-4)41(7)25-28-46(10-2)73-37-45(60)39-75-57(66)51-24-16-14-22-49(51)55(64)72-35-34-71-53(62)40(5)6/h9-11,13-16,19-31,44-45,59-60H,1-3,5,12,17-18,32-39H2,4,6-8H3/b31-19+,41-25+,42-20+,46-28+. The van der Waals surface area contributed by atoms with Crippen LogP contribution in [0.1, 0.15) is 87.5 Å². The van der Waals surface area contributed by atoms with E-state index in [9.17, 15) is 39.0 Å². The van der Waals surface area contributed by atoms with Crippen LogP contribution < -0.4 is 4.74 Å². The number of unbranched alkanes of at least 4 members (excludes halogenated alkanes) is 1. The average Bonchev–Trinajstić information content (AvgIpc) is 3.42. The van der Waals surface area contributed by atoms with Gasteiger partial charge < -0.3 is 52.8 Å². The van der Waals surface area contributed by atoms with E-state index < -0.39 is 66.7 Å². The number of allylic oxidation sites excluding steroid dienone is 8. The van der Waals surface area contributed by atoms with Crippen molar-refractivity contribution in [3.63, 3.8) is 0 Å². The molecule has 0 aliphatic rings. The molecule has 0 spiro atoms. The molecule has 3 aromatic carbocycles. The molecular formula is C58H66O17. The highest BCUT2D eigenvalue weighted by Gasteiger charge is 2.31. The summed E-state index contributed by atoms with van der Waals surface area (Å²) in [5.41, 5.74) is 1.59. The van der Waals surface area contributed by atoms with Gasteiger partial charge in [0.05, 0.1) is 48.3 Å². The SMILES string of the molecule is C=CC(=O)OCCCCOC(=O)c1ccccc1C(=O)OCC(O)CO/C=C/C=C(\C=C)C(C)(/C(C)=C/C=C(\C=C)OCC(O)COC(=O)c1ccccc1C(=O)OCCOC(=O)C(=C)C)c1ccc(OCC)cc1. The van der Waals surface area contributed by atoms with Crippen LogP contribution in [0.3, 0.4) is 0 Å². The van der Waals surface area contributed by atoms with E-state index in [1.165, 1.54) is 55.7 Å². The second-order valence-electron chi connectivity index (χ2n) is 16.4. The van der Waals surface area contributed by atoms with Gasteiger partial charge in [-0.2, -0.15) is 0 Å². The third-order valence-electron chi connectivity index (χ3n) is 10.8. The van der Waals surface area contributed by atoms with Crippen molar-refractivity contribution in [2.45, 2.75) is 58.2 Å². The Bertz CT molecular complexity index is 2580. The summed E-state index contributed by atoms with van der Waals surface area (Å²) in [7, 11) is 0. The molecule has 17 nitrogen and oxygen atoms in total. The number of hydrogen-bond donors (Lipinski definition) is 2. The lowest BCUT2D eigenvalue weighted by Gasteiger charge is -2.33. The third-order valence-corrected chi connectivity index (χ3v) is 10.8. The number of aliphatic hydroxyl groups is 2. The fourth-order valence-corrected chi connectivity index (χ4v) is 6.64. The number of aliphatic hydroxyl groups excluding tert-OH is 2. The molecule has 0 radical (unpaired) electrons. The van der Waals surface area contributed by atoms with E-state index in [0.717, 1.165) is 22.8 Å². The van der Waals surface area contributed by atoms with Crippen molar-refractivity contribution < 1.29 is 81.6 Å². The number of carbonyl (C=O) groups excluding carboxylic acids is 6. The maximum atomic E-state index is 13.0. The quantitative estimate of drug-likeness (QED) is 0.0146. The summed E-state index contributed by atoms with van der Waals surface area (Å²) in [5, 5.41) is 21.3. The van der Waals surface area contributed by atoms with Crippen molar-refractivity contribution >= 4 is 35.8 Å². The van der Waals surface area contributed by atoms with Crippen molar-refractivity contribution in [3.8, 4) is 5.75 Å². The first-order valence-electron chi connectivity index (χ1n) is 23.8. The predicted molar refractivity (Wildman–Crippen MR) is 279 cm³/mol. The lowest BCUT2D eigenvalue weighted by molar-refractivity contribution is -0.140. The van der Waals surface area contributed by atoms with Crippen molar-refractivity contribution in [1.29, 1.82) is 0 Å². The fourth-order valence-electron chi connectivity index (χ4n) is 6.64. The highest BCUT2D eigenvalue weighted by atomic mass is 16.6. The van der Waals surface area contributed by atoms with Gasteiger partial charge in [0, 0.05) is 17.1 Å². The molecule has 0 aliphatic carbocycles. The minimum Gasteiger partial charge on any atom is -0.498 e. The molecule has 3 unspecified atom stereocenters. The van der Waals surface area contributed by atoms with Gasteiger partial charge in [0.25, 0.3) is 0 Å². The van der Waals surface area contributed by atoms with Gasteiger partial charge in [-0.1, -0.05) is 86.5 Å². The Kier molecular flexibility index (Phi) is 26.6. The van der Waals surface area contributed by atoms with Crippen molar-refractivity contribution in [2.24, 2.45) is 0 Å². The zero-order valence-electron chi connectivity index (χ0n) is 42.8. The molecule has 2 N–H and O–H groups in total. The summed E-state index contributed by atoms with van der Waals surface area (Å²) >= 11 is 0. The van der Waals surface area contributed by atoms with Gasteiger partial charge in [-0.3, -0.25) is 0 Å². The minimum absolute atomic E-state index is 0.0106. The smallest absolute Gasteiger partial charge is 0.339 e. The summed E-state index contributed by atoms with van der Waals surface area (Å²) in [4.78, 5) is 74.2. The maximum absolute atomic E-state index is 13.0. The number of hydrogen-bond acceptors (Lipinski definition) is 17. The summed E-state index contributed by atoms with van der Waals surface area (Å²) in [6, 6.07) is 19.4. The van der Waals surface area contributed by atoms with E-state index in [4.69, 9.17) is 42.6 Å². The van der Waals surface area contributed by atoms with Gasteiger partial charge in [0.2, 0.25) is 0 Å². The molecule has 17 heteroatoms. The molecule has 400 valence electrons. The maximum Gasteiger partial charge on any atom is 0.339 e. The number of rotatable bonds is 33. The Balaban J connectivity index is 1.64. The molecule has 3 atom stereocenters. The van der Waals surface area contributed by atoms with Crippen LogP contribution in [0.4, 0.5) is 0 Å². The molecular weight excluding hydrogens is 969 g/mol. The van der Waals surface area contributed by atoms with Crippen molar-refractivity contribution in [1.82, 2.24) is 0 Å². The molecule has 0 aromatic heterocycles. The third kappa shape index (κ3) is 20.3. The van der Waals surface area contributed by atoms with E-state index >= 15 is 0 Å². The summed E-state index contributed by atoms with van der Waals surface area (Å²) in [6.07, 6.45) is 10.9. The lowest BCUT2D eigenvalue weighted by atomic mass is 9.70. The molecule has 75 heavy (non-hydrogen) atoms. The van der Waals surface area contributed by atoms with Crippen LogP contribution in [0, 0.1) is 0 Å². The molecule has 0 saturated carbocycles. The van der Waals surface area contributed by atoms with Gasteiger partial charge in [-0.15, -0.1) is 0 Å². The van der Waals surface area contributed by atoms with E-state index in [2.05, 4.69) is 26.3 Å². The normalized spacial score (nSPS) is 13.2. The van der Waals surface area contributed by atoms with E-state index in [1.807, 2.05) is 51.1 Å². The first-order chi connectivity index (χ1) is 36.0. The number of esters is 6. The summed E-state index contributed by atoms with van der Waals surface area (Å²) in [5.74, 6) is -3.51. The fraction of sp³-hybridized carbons (Fsp3) is 0.310. The summed E-state index contributed by atoms with van der Waals surface area (Å²) < 4.78 is 48.0. The second kappa shape index (κ2) is 32.7. The zero-order valence-corrected chi connectivity index (χ0v) is 42.8. The Morgan fingerprint density at radius 1 is 0.587 bits per heavy atom. The molecule has 0 aliphatic heterocycles. The number of benzene rings is 3. The molecule has 0 fully saturated rings. The van der Waals surface area contributed by atoms with E-state index in [0.29, 0.717) is 25.2 Å². The van der Waals surface area contributed by atoms with Crippen LogP contribution in [0.5, 0.6) is 5.75 Å². The second-order valence-corrected chi connectivity index (χ2v) is 16.4. The molecule has 0 heterocycles. The Hall–Kier alpha value is -8.28.